The lowest BCUT2D eigenvalue weighted by Gasteiger charge is -2.29. The summed E-state index contributed by atoms with van der Waals surface area (Å²) >= 11 is 0. The van der Waals surface area contributed by atoms with Crippen LogP contribution in [0, 0.1) is 0 Å². The molecule has 0 saturated heterocycles. The highest BCUT2D eigenvalue weighted by molar-refractivity contribution is 7.79. The summed E-state index contributed by atoms with van der Waals surface area (Å²) in [7, 11) is -0.172. The normalized spacial score (nSPS) is 11.9. The van der Waals surface area contributed by atoms with E-state index in [1.54, 1.807) is 0 Å². The van der Waals surface area contributed by atoms with Crippen LogP contribution in [0.25, 0.3) is 0 Å². The highest BCUT2D eigenvalue weighted by Gasteiger charge is 2.11. The lowest BCUT2D eigenvalue weighted by atomic mass is 10.1. The molecule has 0 aromatic rings. The van der Waals surface area contributed by atoms with Gasteiger partial charge in [-0.15, -0.1) is 0 Å². The van der Waals surface area contributed by atoms with Crippen LogP contribution in [0.2, 0.25) is 0 Å². The lowest BCUT2D eigenvalue weighted by Crippen LogP contribution is -2.40. The second-order valence-electron chi connectivity index (χ2n) is 6.99. The Balaban J connectivity index is 0. The molecule has 0 aromatic carbocycles. The largest absolute Gasteiger partial charge is 0.726 e. The van der Waals surface area contributed by atoms with Crippen molar-refractivity contribution < 1.29 is 22.0 Å². The van der Waals surface area contributed by atoms with Gasteiger partial charge in [-0.3, -0.25) is 4.55 Å². The first-order chi connectivity index (χ1) is 10.6. The number of rotatable bonds is 13. The molecule has 0 saturated carbocycles. The van der Waals surface area contributed by atoms with Gasteiger partial charge in [-0.05, 0) is 19.3 Å². The van der Waals surface area contributed by atoms with E-state index in [1.165, 1.54) is 88.2 Å². The number of quaternary nitrogens is 1. The maximum Gasteiger partial charge on any atom is 0.215 e. The molecule has 0 atom stereocenters. The maximum atomic E-state index is 8.63. The van der Waals surface area contributed by atoms with E-state index in [4.69, 9.17) is 17.5 Å². The summed E-state index contributed by atoms with van der Waals surface area (Å²) in [6, 6.07) is 0. The Bertz CT molecular complexity index is 335. The van der Waals surface area contributed by atoms with Crippen LogP contribution in [-0.4, -0.2) is 49.2 Å². The molecule has 0 aliphatic carbocycles. The molecule has 5 nitrogen and oxygen atoms in total. The van der Waals surface area contributed by atoms with E-state index in [0.717, 1.165) is 0 Å². The third-order valence-corrected chi connectivity index (χ3v) is 3.95. The Morgan fingerprint density at radius 3 is 1.43 bits per heavy atom. The molecule has 0 bridgehead atoms. The van der Waals surface area contributed by atoms with E-state index in [-0.39, 0.29) is 0 Å². The third kappa shape index (κ3) is 30.3. The van der Waals surface area contributed by atoms with E-state index in [9.17, 15) is 0 Å². The second kappa shape index (κ2) is 15.4. The Morgan fingerprint density at radius 1 is 0.739 bits per heavy atom. The molecule has 0 amide bonds. The zero-order chi connectivity index (χ0) is 18.2. The SMILES string of the molecule is CCCCCCCCCCCC[N+](C)(C)CCC.O=S(=O)([O-])O. The van der Waals surface area contributed by atoms with Gasteiger partial charge < -0.3 is 9.04 Å². The van der Waals surface area contributed by atoms with E-state index in [1.807, 2.05) is 0 Å². The summed E-state index contributed by atoms with van der Waals surface area (Å²) < 4.78 is 34.0. The van der Waals surface area contributed by atoms with Gasteiger partial charge in [-0.25, -0.2) is 8.42 Å². The quantitative estimate of drug-likeness (QED) is 0.230. The summed E-state index contributed by atoms with van der Waals surface area (Å²) in [5, 5.41) is 0. The van der Waals surface area contributed by atoms with Crippen molar-refractivity contribution in [3.8, 4) is 0 Å². The molecule has 6 heteroatoms. The molecule has 0 rings (SSSR count). The topological polar surface area (TPSA) is 77.4 Å². The van der Waals surface area contributed by atoms with Gasteiger partial charge >= 0.3 is 0 Å². The van der Waals surface area contributed by atoms with Crippen molar-refractivity contribution in [1.82, 2.24) is 0 Å². The van der Waals surface area contributed by atoms with Gasteiger partial charge in [0.2, 0.25) is 10.4 Å². The smallest absolute Gasteiger partial charge is 0.215 e. The third-order valence-electron chi connectivity index (χ3n) is 3.95. The van der Waals surface area contributed by atoms with Gasteiger partial charge in [-0.1, -0.05) is 65.2 Å². The highest BCUT2D eigenvalue weighted by atomic mass is 32.3. The molecular formula is C17H39NO4S. The van der Waals surface area contributed by atoms with Crippen LogP contribution in [0.4, 0.5) is 0 Å². The molecule has 0 radical (unpaired) electrons. The van der Waals surface area contributed by atoms with E-state index >= 15 is 0 Å². The maximum absolute atomic E-state index is 8.63. The average molecular weight is 354 g/mol. The van der Waals surface area contributed by atoms with Crippen LogP contribution in [-0.2, 0) is 10.4 Å². The van der Waals surface area contributed by atoms with Gasteiger partial charge in [0.25, 0.3) is 0 Å². The van der Waals surface area contributed by atoms with E-state index in [0.29, 0.717) is 0 Å². The Morgan fingerprint density at radius 2 is 1.09 bits per heavy atom. The van der Waals surface area contributed by atoms with Crippen LogP contribution in [0.15, 0.2) is 0 Å². The van der Waals surface area contributed by atoms with Crippen LogP contribution in [0.5, 0.6) is 0 Å². The lowest BCUT2D eigenvalue weighted by molar-refractivity contribution is -0.890. The highest BCUT2D eigenvalue weighted by Crippen LogP contribution is 2.11. The van der Waals surface area contributed by atoms with Crippen molar-refractivity contribution in [2.75, 3.05) is 27.2 Å². The fraction of sp³-hybridized carbons (Fsp3) is 1.00. The van der Waals surface area contributed by atoms with Crippen LogP contribution < -0.4 is 0 Å². The molecule has 0 aliphatic rings. The first-order valence-electron chi connectivity index (χ1n) is 9.12. The van der Waals surface area contributed by atoms with Crippen LogP contribution >= 0.6 is 0 Å². The predicted octanol–water partition coefficient (Wildman–Crippen LogP) is 4.40. The molecule has 0 aromatic heterocycles. The van der Waals surface area contributed by atoms with Crippen molar-refractivity contribution in [1.29, 1.82) is 0 Å². The summed E-state index contributed by atoms with van der Waals surface area (Å²) in [4.78, 5) is 0. The van der Waals surface area contributed by atoms with Crippen molar-refractivity contribution in [2.24, 2.45) is 0 Å². The number of hydrogen-bond acceptors (Lipinski definition) is 3. The second-order valence-corrected chi connectivity index (χ2v) is 7.85. The van der Waals surface area contributed by atoms with Gasteiger partial charge in [0.1, 0.15) is 0 Å². The summed E-state index contributed by atoms with van der Waals surface area (Å²) in [6.45, 7) is 7.28. The van der Waals surface area contributed by atoms with E-state index < -0.39 is 10.4 Å². The molecular weight excluding hydrogens is 314 g/mol. The minimum absolute atomic E-state index is 1.22. The van der Waals surface area contributed by atoms with Crippen molar-refractivity contribution in [3.05, 3.63) is 0 Å². The number of unbranched alkanes of at least 4 members (excludes halogenated alkanes) is 9. The molecule has 23 heavy (non-hydrogen) atoms. The van der Waals surface area contributed by atoms with E-state index in [2.05, 4.69) is 27.9 Å². The standard InChI is InChI=1S/C17H38N.H2O4S/c1-5-7-8-9-10-11-12-13-14-15-17-18(3,4)16-6-2;1-5(2,3)4/h5-17H2,1-4H3;(H2,1,2,3,4)/q+1;/p-1. The Hall–Kier alpha value is -0.170. The van der Waals surface area contributed by atoms with Crippen molar-refractivity contribution in [3.63, 3.8) is 0 Å². The monoisotopic (exact) mass is 353 g/mol. The first kappa shape index (κ1) is 25.1. The zero-order valence-corrected chi connectivity index (χ0v) is 16.5. The molecule has 142 valence electrons. The molecule has 0 unspecified atom stereocenters. The fourth-order valence-corrected chi connectivity index (χ4v) is 2.74. The summed E-state index contributed by atoms with van der Waals surface area (Å²) in [5.41, 5.74) is 0. The van der Waals surface area contributed by atoms with Crippen molar-refractivity contribution in [2.45, 2.75) is 84.5 Å². The minimum atomic E-state index is -4.92. The fourth-order valence-electron chi connectivity index (χ4n) is 2.74. The van der Waals surface area contributed by atoms with Gasteiger partial charge in [0, 0.05) is 0 Å². The number of nitrogens with zero attached hydrogens (tertiary/aromatic N) is 1. The number of hydrogen-bond donors (Lipinski definition) is 1. The van der Waals surface area contributed by atoms with Gasteiger partial charge in [-0.2, -0.15) is 0 Å². The molecule has 0 fully saturated rings. The van der Waals surface area contributed by atoms with Crippen LogP contribution in [0.3, 0.4) is 0 Å². The Labute approximate surface area is 144 Å². The molecule has 0 spiro atoms. The minimum Gasteiger partial charge on any atom is -0.726 e. The van der Waals surface area contributed by atoms with Crippen molar-refractivity contribution >= 4 is 10.4 Å². The molecule has 0 aliphatic heterocycles. The zero-order valence-electron chi connectivity index (χ0n) is 15.7. The Kier molecular flexibility index (Phi) is 16.7. The van der Waals surface area contributed by atoms with Crippen LogP contribution in [0.1, 0.15) is 84.5 Å². The molecule has 1 N–H and O–H groups in total. The summed E-state index contributed by atoms with van der Waals surface area (Å²) in [6.07, 6.45) is 15.8. The summed E-state index contributed by atoms with van der Waals surface area (Å²) in [5.74, 6) is 0. The average Bonchev–Trinajstić information content (AvgIpc) is 2.39. The molecule has 0 heterocycles. The van der Waals surface area contributed by atoms with Gasteiger partial charge in [0.05, 0.1) is 27.2 Å². The predicted molar refractivity (Wildman–Crippen MR) is 96.3 cm³/mol. The first-order valence-corrected chi connectivity index (χ1v) is 10.5. The van der Waals surface area contributed by atoms with Gasteiger partial charge in [0.15, 0.2) is 0 Å².